The molecule has 2 N–H and O–H groups in total. The molecule has 2 amide bonds. The van der Waals surface area contributed by atoms with Crippen LogP contribution in [0.15, 0.2) is 78.9 Å². The van der Waals surface area contributed by atoms with E-state index in [1.165, 1.54) is 12.1 Å². The van der Waals surface area contributed by atoms with Crippen LogP contribution in [0.1, 0.15) is 20.7 Å². The summed E-state index contributed by atoms with van der Waals surface area (Å²) in [6.07, 6.45) is 0. The third kappa shape index (κ3) is 5.59. The fourth-order valence-electron chi connectivity index (χ4n) is 2.42. The molecule has 8 heteroatoms. The second kappa shape index (κ2) is 10.1. The third-order valence-corrected chi connectivity index (χ3v) is 4.18. The minimum atomic E-state index is -0.742. The molecule has 7 nitrogen and oxygen atoms in total. The molecule has 0 saturated carbocycles. The van der Waals surface area contributed by atoms with E-state index in [1.54, 1.807) is 60.7 Å². The number of carbonyl (C=O) groups is 3. The molecule has 0 radical (unpaired) electrons. The van der Waals surface area contributed by atoms with Crippen molar-refractivity contribution < 1.29 is 23.9 Å². The predicted molar refractivity (Wildman–Crippen MR) is 110 cm³/mol. The molecule has 0 saturated heterocycles. The first-order valence-corrected chi connectivity index (χ1v) is 9.25. The molecular formula is C22H17ClN2O5. The molecule has 0 unspecified atom stereocenters. The summed E-state index contributed by atoms with van der Waals surface area (Å²) in [5, 5.41) is 0.241. The monoisotopic (exact) mass is 424 g/mol. The highest BCUT2D eigenvalue weighted by atomic mass is 35.5. The van der Waals surface area contributed by atoms with E-state index in [1.807, 2.05) is 6.07 Å². The second-order valence-electron chi connectivity index (χ2n) is 5.97. The van der Waals surface area contributed by atoms with Gasteiger partial charge in [-0.25, -0.2) is 4.79 Å². The van der Waals surface area contributed by atoms with Crippen molar-refractivity contribution in [2.24, 2.45) is 0 Å². The van der Waals surface area contributed by atoms with Crippen LogP contribution in [-0.2, 0) is 9.53 Å². The van der Waals surface area contributed by atoms with Crippen LogP contribution >= 0.6 is 11.6 Å². The van der Waals surface area contributed by atoms with E-state index in [4.69, 9.17) is 21.1 Å². The quantitative estimate of drug-likeness (QED) is 0.464. The van der Waals surface area contributed by atoms with Gasteiger partial charge in [0.05, 0.1) is 10.6 Å². The largest absolute Gasteiger partial charge is 0.456 e. The Labute approximate surface area is 177 Å². The van der Waals surface area contributed by atoms with Gasteiger partial charge in [-0.3, -0.25) is 20.4 Å². The number of rotatable bonds is 6. The SMILES string of the molecule is O=C(COC(=O)c1ccccc1Oc1ccccc1)NNC(=O)c1ccccc1Cl. The first-order valence-electron chi connectivity index (χ1n) is 8.87. The number of nitrogens with one attached hydrogen (secondary N) is 2. The van der Waals surface area contributed by atoms with Crippen molar-refractivity contribution in [3.8, 4) is 11.5 Å². The van der Waals surface area contributed by atoms with Crippen molar-refractivity contribution >= 4 is 29.4 Å². The van der Waals surface area contributed by atoms with E-state index in [0.717, 1.165) is 0 Å². The van der Waals surface area contributed by atoms with E-state index >= 15 is 0 Å². The number of hydrogen-bond donors (Lipinski definition) is 2. The number of hydrazine groups is 1. The van der Waals surface area contributed by atoms with Gasteiger partial charge in [-0.1, -0.05) is 54.1 Å². The molecule has 0 bridgehead atoms. The number of ether oxygens (including phenoxy) is 2. The lowest BCUT2D eigenvalue weighted by Gasteiger charge is -2.11. The maximum absolute atomic E-state index is 12.4. The van der Waals surface area contributed by atoms with Crippen LogP contribution in [0.5, 0.6) is 11.5 Å². The fraction of sp³-hybridized carbons (Fsp3) is 0.0455. The van der Waals surface area contributed by atoms with Gasteiger partial charge in [-0.2, -0.15) is 0 Å². The number of carbonyl (C=O) groups excluding carboxylic acids is 3. The highest BCUT2D eigenvalue weighted by molar-refractivity contribution is 6.33. The summed E-state index contributed by atoms with van der Waals surface area (Å²) >= 11 is 5.92. The van der Waals surface area contributed by atoms with Crippen LogP contribution < -0.4 is 15.6 Å². The fourth-order valence-corrected chi connectivity index (χ4v) is 2.65. The summed E-state index contributed by atoms with van der Waals surface area (Å²) in [6.45, 7) is -0.596. The maximum atomic E-state index is 12.4. The lowest BCUT2D eigenvalue weighted by atomic mass is 10.2. The Bertz CT molecular complexity index is 1060. The summed E-state index contributed by atoms with van der Waals surface area (Å²) < 4.78 is 10.7. The van der Waals surface area contributed by atoms with Crippen molar-refractivity contribution in [1.29, 1.82) is 0 Å². The molecule has 3 rings (SSSR count). The minimum Gasteiger partial charge on any atom is -0.456 e. The molecule has 30 heavy (non-hydrogen) atoms. The Hall–Kier alpha value is -3.84. The Morgan fingerprint density at radius 2 is 1.40 bits per heavy atom. The van der Waals surface area contributed by atoms with Crippen molar-refractivity contribution in [2.45, 2.75) is 0 Å². The summed E-state index contributed by atoms with van der Waals surface area (Å²) in [7, 11) is 0. The zero-order valence-corrected chi connectivity index (χ0v) is 16.4. The number of halogens is 1. The molecule has 152 valence electrons. The molecule has 0 aliphatic carbocycles. The molecule has 0 fully saturated rings. The zero-order chi connectivity index (χ0) is 21.3. The maximum Gasteiger partial charge on any atom is 0.342 e. The topological polar surface area (TPSA) is 93.7 Å². The van der Waals surface area contributed by atoms with Gasteiger partial charge in [0.15, 0.2) is 6.61 Å². The Morgan fingerprint density at radius 3 is 2.13 bits per heavy atom. The molecular weight excluding hydrogens is 408 g/mol. The first-order chi connectivity index (χ1) is 14.5. The number of hydrogen-bond acceptors (Lipinski definition) is 5. The number of para-hydroxylation sites is 2. The molecule has 0 aliphatic rings. The molecule has 3 aromatic rings. The predicted octanol–water partition coefficient (Wildman–Crippen LogP) is 3.75. The average molecular weight is 425 g/mol. The van der Waals surface area contributed by atoms with Gasteiger partial charge in [-0.05, 0) is 36.4 Å². The van der Waals surface area contributed by atoms with E-state index in [-0.39, 0.29) is 16.1 Å². The van der Waals surface area contributed by atoms with Crippen LogP contribution in [0.25, 0.3) is 0 Å². The van der Waals surface area contributed by atoms with Crippen LogP contribution in [0.2, 0.25) is 5.02 Å². The van der Waals surface area contributed by atoms with Crippen LogP contribution in [0.3, 0.4) is 0 Å². The molecule has 0 aliphatic heterocycles. The second-order valence-corrected chi connectivity index (χ2v) is 6.38. The molecule has 3 aromatic carbocycles. The van der Waals surface area contributed by atoms with Gasteiger partial charge in [0.2, 0.25) is 0 Å². The highest BCUT2D eigenvalue weighted by Crippen LogP contribution is 2.25. The molecule has 0 atom stereocenters. The number of amides is 2. The first kappa shape index (κ1) is 20.9. The van der Waals surface area contributed by atoms with Crippen LogP contribution in [-0.4, -0.2) is 24.4 Å². The summed E-state index contributed by atoms with van der Waals surface area (Å²) in [6, 6.07) is 21.8. The normalized spacial score (nSPS) is 10.0. The van der Waals surface area contributed by atoms with Gasteiger partial charge in [0.25, 0.3) is 11.8 Å². The van der Waals surface area contributed by atoms with E-state index in [2.05, 4.69) is 10.9 Å². The van der Waals surface area contributed by atoms with E-state index < -0.39 is 24.4 Å². The van der Waals surface area contributed by atoms with Crippen molar-refractivity contribution in [1.82, 2.24) is 10.9 Å². The smallest absolute Gasteiger partial charge is 0.342 e. The van der Waals surface area contributed by atoms with Crippen molar-refractivity contribution in [2.75, 3.05) is 6.61 Å². The zero-order valence-electron chi connectivity index (χ0n) is 15.6. The van der Waals surface area contributed by atoms with E-state index in [0.29, 0.717) is 11.5 Å². The van der Waals surface area contributed by atoms with Crippen molar-refractivity contribution in [3.63, 3.8) is 0 Å². The molecule has 0 aromatic heterocycles. The van der Waals surface area contributed by atoms with Crippen LogP contribution in [0, 0.1) is 0 Å². The summed E-state index contributed by atoms with van der Waals surface area (Å²) in [4.78, 5) is 36.3. The van der Waals surface area contributed by atoms with Gasteiger partial charge >= 0.3 is 5.97 Å². The Balaban J connectivity index is 1.54. The average Bonchev–Trinajstić information content (AvgIpc) is 2.77. The van der Waals surface area contributed by atoms with Crippen LogP contribution in [0.4, 0.5) is 0 Å². The number of benzene rings is 3. The Morgan fingerprint density at radius 1 is 0.767 bits per heavy atom. The molecule has 0 heterocycles. The van der Waals surface area contributed by atoms with Gasteiger partial charge in [-0.15, -0.1) is 0 Å². The molecule has 0 spiro atoms. The summed E-state index contributed by atoms with van der Waals surface area (Å²) in [5.74, 6) is -1.21. The summed E-state index contributed by atoms with van der Waals surface area (Å²) in [5.41, 5.74) is 4.73. The third-order valence-electron chi connectivity index (χ3n) is 3.85. The van der Waals surface area contributed by atoms with Gasteiger partial charge in [0, 0.05) is 0 Å². The lowest BCUT2D eigenvalue weighted by molar-refractivity contribution is -0.125. The minimum absolute atomic E-state index is 0.161. The highest BCUT2D eigenvalue weighted by Gasteiger charge is 2.16. The number of esters is 1. The van der Waals surface area contributed by atoms with Gasteiger partial charge < -0.3 is 9.47 Å². The van der Waals surface area contributed by atoms with Crippen molar-refractivity contribution in [3.05, 3.63) is 95.0 Å². The van der Waals surface area contributed by atoms with E-state index in [9.17, 15) is 14.4 Å². The Kier molecular flexibility index (Phi) is 7.02. The van der Waals surface area contributed by atoms with Gasteiger partial charge in [0.1, 0.15) is 17.1 Å². The standard InChI is InChI=1S/C22H17ClN2O5/c23-18-12-6-4-10-16(18)21(27)25-24-20(26)14-29-22(28)17-11-5-7-13-19(17)30-15-8-2-1-3-9-15/h1-13H,14H2,(H,24,26)(H,25,27). The lowest BCUT2D eigenvalue weighted by Crippen LogP contribution is -2.43.